The van der Waals surface area contributed by atoms with Gasteiger partial charge in [-0.15, -0.1) is 0 Å². The molecule has 20 heavy (non-hydrogen) atoms. The van der Waals surface area contributed by atoms with Crippen molar-refractivity contribution in [2.24, 2.45) is 0 Å². The monoisotopic (exact) mass is 277 g/mol. The number of nitrogens with one attached hydrogen (secondary N) is 1. The van der Waals surface area contributed by atoms with Crippen LogP contribution in [0.25, 0.3) is 0 Å². The highest BCUT2D eigenvalue weighted by molar-refractivity contribution is 5.76. The summed E-state index contributed by atoms with van der Waals surface area (Å²) < 4.78 is 10.6. The summed E-state index contributed by atoms with van der Waals surface area (Å²) in [6.07, 6.45) is 2.28. The number of nitrogens with zero attached hydrogens (tertiary/aromatic N) is 2. The molecule has 1 atom stereocenters. The lowest BCUT2D eigenvalue weighted by atomic mass is 10.1. The van der Waals surface area contributed by atoms with Crippen LogP contribution in [0.15, 0.2) is 22.8 Å². The van der Waals surface area contributed by atoms with E-state index in [9.17, 15) is 4.79 Å². The van der Waals surface area contributed by atoms with Gasteiger partial charge >= 0.3 is 0 Å². The van der Waals surface area contributed by atoms with Crippen LogP contribution in [-0.2, 0) is 16.1 Å². The molecule has 1 saturated heterocycles. The maximum atomic E-state index is 12.3. The fourth-order valence-electron chi connectivity index (χ4n) is 2.16. The Morgan fingerprint density at radius 1 is 1.60 bits per heavy atom. The number of nitriles is 1. The van der Waals surface area contributed by atoms with Crippen LogP contribution in [0.2, 0.25) is 0 Å². The fraction of sp³-hybridized carbons (Fsp3) is 0.571. The van der Waals surface area contributed by atoms with Gasteiger partial charge in [-0.05, 0) is 12.1 Å². The van der Waals surface area contributed by atoms with Crippen LogP contribution in [0.1, 0.15) is 18.6 Å². The molecule has 1 aliphatic heterocycles. The number of ether oxygens (including phenoxy) is 1. The number of amides is 1. The molecule has 6 heteroatoms. The lowest BCUT2D eigenvalue weighted by molar-refractivity contribution is -0.133. The first-order chi connectivity index (χ1) is 9.79. The maximum Gasteiger partial charge on any atom is 0.224 e. The molecule has 0 bridgehead atoms. The third-order valence-electron chi connectivity index (χ3n) is 3.19. The lowest BCUT2D eigenvalue weighted by Gasteiger charge is -2.27. The Morgan fingerprint density at radius 2 is 2.50 bits per heavy atom. The zero-order valence-electron chi connectivity index (χ0n) is 11.4. The average molecular weight is 277 g/mol. The second-order valence-corrected chi connectivity index (χ2v) is 4.73. The van der Waals surface area contributed by atoms with E-state index in [2.05, 4.69) is 11.4 Å². The third-order valence-corrected chi connectivity index (χ3v) is 3.19. The van der Waals surface area contributed by atoms with Gasteiger partial charge in [-0.1, -0.05) is 0 Å². The van der Waals surface area contributed by atoms with Gasteiger partial charge in [0.05, 0.1) is 38.5 Å². The predicted octanol–water partition coefficient (Wildman–Crippen LogP) is 0.900. The van der Waals surface area contributed by atoms with E-state index in [0.29, 0.717) is 39.1 Å². The van der Waals surface area contributed by atoms with Gasteiger partial charge in [-0.25, -0.2) is 0 Å². The molecule has 0 aliphatic carbocycles. The molecule has 108 valence electrons. The summed E-state index contributed by atoms with van der Waals surface area (Å²) in [5.41, 5.74) is 0. The summed E-state index contributed by atoms with van der Waals surface area (Å²) in [6.45, 7) is 2.84. The topological polar surface area (TPSA) is 78.5 Å². The van der Waals surface area contributed by atoms with Crippen molar-refractivity contribution in [1.82, 2.24) is 10.2 Å². The number of carbonyl (C=O) groups excluding carboxylic acids is 1. The predicted molar refractivity (Wildman–Crippen MR) is 71.6 cm³/mol. The van der Waals surface area contributed by atoms with Crippen molar-refractivity contribution in [3.05, 3.63) is 24.2 Å². The Labute approximate surface area is 118 Å². The second kappa shape index (κ2) is 7.68. The number of morpholine rings is 1. The van der Waals surface area contributed by atoms with Crippen molar-refractivity contribution in [3.63, 3.8) is 0 Å². The molecule has 2 rings (SSSR count). The second-order valence-electron chi connectivity index (χ2n) is 4.73. The molecule has 6 nitrogen and oxygen atoms in total. The molecule has 1 fully saturated rings. The molecule has 0 saturated carbocycles. The van der Waals surface area contributed by atoms with Crippen LogP contribution < -0.4 is 5.32 Å². The van der Waals surface area contributed by atoms with E-state index in [1.54, 1.807) is 17.2 Å². The van der Waals surface area contributed by atoms with E-state index >= 15 is 0 Å². The molecule has 1 unspecified atom stereocenters. The van der Waals surface area contributed by atoms with Crippen molar-refractivity contribution >= 4 is 5.91 Å². The summed E-state index contributed by atoms with van der Waals surface area (Å²) in [4.78, 5) is 14.0. The van der Waals surface area contributed by atoms with E-state index in [0.717, 1.165) is 12.3 Å². The molecule has 2 heterocycles. The average Bonchev–Trinajstić information content (AvgIpc) is 2.97. The Kier molecular flexibility index (Phi) is 5.59. The quantitative estimate of drug-likeness (QED) is 0.836. The summed E-state index contributed by atoms with van der Waals surface area (Å²) >= 11 is 0. The van der Waals surface area contributed by atoms with Crippen molar-refractivity contribution in [3.8, 4) is 6.07 Å². The van der Waals surface area contributed by atoms with Gasteiger partial charge in [0.25, 0.3) is 0 Å². The first kappa shape index (κ1) is 14.6. The third kappa shape index (κ3) is 4.37. The largest absolute Gasteiger partial charge is 0.467 e. The van der Waals surface area contributed by atoms with E-state index in [-0.39, 0.29) is 11.9 Å². The van der Waals surface area contributed by atoms with Gasteiger partial charge in [-0.3, -0.25) is 4.79 Å². The van der Waals surface area contributed by atoms with E-state index in [1.807, 2.05) is 6.07 Å². The Hall–Kier alpha value is -1.84. The number of hydrogen-bond donors (Lipinski definition) is 1. The Morgan fingerprint density at radius 3 is 3.15 bits per heavy atom. The highest BCUT2D eigenvalue weighted by atomic mass is 16.5. The Balaban J connectivity index is 1.90. The normalized spacial score (nSPS) is 18.4. The minimum atomic E-state index is 0.0136. The molecule has 0 spiro atoms. The van der Waals surface area contributed by atoms with Crippen molar-refractivity contribution in [2.45, 2.75) is 25.4 Å². The van der Waals surface area contributed by atoms with Crippen LogP contribution in [0.5, 0.6) is 0 Å². The van der Waals surface area contributed by atoms with Crippen LogP contribution in [0, 0.1) is 11.3 Å². The number of furan rings is 1. The smallest absolute Gasteiger partial charge is 0.224 e. The summed E-state index contributed by atoms with van der Waals surface area (Å²) in [7, 11) is 0. The zero-order valence-corrected chi connectivity index (χ0v) is 11.4. The minimum Gasteiger partial charge on any atom is -0.467 e. The molecule has 1 amide bonds. The Bertz CT molecular complexity index is 447. The molecule has 0 aromatic carbocycles. The molecule has 1 aromatic rings. The zero-order chi connectivity index (χ0) is 14.2. The highest BCUT2D eigenvalue weighted by Crippen LogP contribution is 2.10. The van der Waals surface area contributed by atoms with Crippen molar-refractivity contribution in [2.75, 3.05) is 26.3 Å². The van der Waals surface area contributed by atoms with E-state index in [1.165, 1.54) is 0 Å². The first-order valence-electron chi connectivity index (χ1n) is 6.78. The van der Waals surface area contributed by atoms with Gasteiger partial charge in [0.2, 0.25) is 5.91 Å². The first-order valence-corrected chi connectivity index (χ1v) is 6.78. The van der Waals surface area contributed by atoms with Gasteiger partial charge in [0.1, 0.15) is 5.76 Å². The van der Waals surface area contributed by atoms with Gasteiger partial charge < -0.3 is 19.4 Å². The fourth-order valence-corrected chi connectivity index (χ4v) is 2.16. The van der Waals surface area contributed by atoms with Gasteiger partial charge in [0, 0.05) is 25.6 Å². The standard InChI is InChI=1S/C14H19N3O3/c15-4-2-6-17(10-13-3-1-7-20-13)14(18)9-12-11-19-8-5-16-12/h1,3,7,12,16H,2,5-6,8-11H2. The molecule has 1 N–H and O–H groups in total. The van der Waals surface area contributed by atoms with Gasteiger partial charge in [-0.2, -0.15) is 5.26 Å². The van der Waals surface area contributed by atoms with Crippen LogP contribution in [0.4, 0.5) is 0 Å². The molecule has 1 aromatic heterocycles. The summed E-state index contributed by atoms with van der Waals surface area (Å²) in [5.74, 6) is 0.740. The van der Waals surface area contributed by atoms with Crippen LogP contribution in [0.3, 0.4) is 0 Å². The van der Waals surface area contributed by atoms with E-state index < -0.39 is 0 Å². The molecular weight excluding hydrogens is 258 g/mol. The van der Waals surface area contributed by atoms with Gasteiger partial charge in [0.15, 0.2) is 0 Å². The molecule has 0 radical (unpaired) electrons. The number of rotatable bonds is 6. The van der Waals surface area contributed by atoms with Crippen LogP contribution >= 0.6 is 0 Å². The molecular formula is C14H19N3O3. The SMILES string of the molecule is N#CCCN(Cc1ccco1)C(=O)CC1COCCN1. The summed E-state index contributed by atoms with van der Waals surface area (Å²) in [5, 5.41) is 12.0. The number of carbonyl (C=O) groups is 1. The van der Waals surface area contributed by atoms with E-state index in [4.69, 9.17) is 14.4 Å². The van der Waals surface area contributed by atoms with Crippen molar-refractivity contribution < 1.29 is 13.9 Å². The maximum absolute atomic E-state index is 12.3. The molecule has 1 aliphatic rings. The van der Waals surface area contributed by atoms with Crippen LogP contribution in [-0.4, -0.2) is 43.2 Å². The highest BCUT2D eigenvalue weighted by Gasteiger charge is 2.21. The summed E-state index contributed by atoms with van der Waals surface area (Å²) in [6, 6.07) is 5.74. The minimum absolute atomic E-state index is 0.0136. The lowest BCUT2D eigenvalue weighted by Crippen LogP contribution is -2.45. The number of hydrogen-bond acceptors (Lipinski definition) is 5. The van der Waals surface area contributed by atoms with Crippen molar-refractivity contribution in [1.29, 1.82) is 5.26 Å².